The summed E-state index contributed by atoms with van der Waals surface area (Å²) in [6.45, 7) is 11.0. The number of rotatable bonds is 8. The molecule has 0 aromatic heterocycles. The average Bonchev–Trinajstić information content (AvgIpc) is 2.73. The van der Waals surface area contributed by atoms with E-state index in [1.807, 2.05) is 0 Å². The smallest absolute Gasteiger partial charge is 0.0707 e. The van der Waals surface area contributed by atoms with E-state index in [1.54, 1.807) is 0 Å². The zero-order chi connectivity index (χ0) is 12.6. The van der Waals surface area contributed by atoms with E-state index in [-0.39, 0.29) is 5.60 Å². The number of nitrogens with one attached hydrogen (secondary N) is 1. The van der Waals surface area contributed by atoms with Crippen molar-refractivity contribution in [1.82, 2.24) is 5.32 Å². The van der Waals surface area contributed by atoms with Gasteiger partial charge in [0.05, 0.1) is 31.5 Å². The molecular formula is C13H27NO3. The monoisotopic (exact) mass is 245 g/mol. The molecule has 0 aromatic rings. The van der Waals surface area contributed by atoms with Crippen LogP contribution in [0.2, 0.25) is 0 Å². The molecule has 0 spiro atoms. The van der Waals surface area contributed by atoms with Crippen LogP contribution in [0.5, 0.6) is 0 Å². The summed E-state index contributed by atoms with van der Waals surface area (Å²) >= 11 is 0. The predicted octanol–water partition coefficient (Wildman–Crippen LogP) is 1.59. The second-order valence-electron chi connectivity index (χ2n) is 5.41. The Kier molecular flexibility index (Phi) is 7.04. The third-order valence-corrected chi connectivity index (χ3v) is 2.58. The van der Waals surface area contributed by atoms with Crippen molar-refractivity contribution in [3.63, 3.8) is 0 Å². The van der Waals surface area contributed by atoms with Gasteiger partial charge < -0.3 is 19.5 Å². The highest BCUT2D eigenvalue weighted by molar-refractivity contribution is 4.67. The largest absolute Gasteiger partial charge is 0.378 e. The average molecular weight is 245 g/mol. The molecule has 0 saturated carbocycles. The summed E-state index contributed by atoms with van der Waals surface area (Å²) in [7, 11) is 0. The summed E-state index contributed by atoms with van der Waals surface area (Å²) in [5.41, 5.74) is -0.0680. The minimum Gasteiger partial charge on any atom is -0.378 e. The standard InChI is InChI=1S/C13H27NO3/c1-13(2,3)17-10-9-15-8-6-14-11-12-5-4-7-16-12/h12,14H,4-11H2,1-3H3. The summed E-state index contributed by atoms with van der Waals surface area (Å²) in [4.78, 5) is 0. The van der Waals surface area contributed by atoms with E-state index in [0.29, 0.717) is 19.3 Å². The van der Waals surface area contributed by atoms with Gasteiger partial charge in [-0.3, -0.25) is 0 Å². The molecule has 4 nitrogen and oxygen atoms in total. The van der Waals surface area contributed by atoms with Gasteiger partial charge in [-0.15, -0.1) is 0 Å². The highest BCUT2D eigenvalue weighted by atomic mass is 16.5. The van der Waals surface area contributed by atoms with E-state index < -0.39 is 0 Å². The molecular weight excluding hydrogens is 218 g/mol. The van der Waals surface area contributed by atoms with Gasteiger partial charge in [-0.1, -0.05) is 0 Å². The van der Waals surface area contributed by atoms with Crippen LogP contribution in [0, 0.1) is 0 Å². The van der Waals surface area contributed by atoms with Crippen LogP contribution < -0.4 is 5.32 Å². The molecule has 1 unspecified atom stereocenters. The van der Waals surface area contributed by atoms with E-state index in [1.165, 1.54) is 12.8 Å². The van der Waals surface area contributed by atoms with Crippen molar-refractivity contribution in [2.24, 2.45) is 0 Å². The van der Waals surface area contributed by atoms with Crippen molar-refractivity contribution in [2.45, 2.75) is 45.3 Å². The summed E-state index contributed by atoms with van der Waals surface area (Å²) < 4.78 is 16.5. The van der Waals surface area contributed by atoms with E-state index in [2.05, 4.69) is 26.1 Å². The molecule has 1 rings (SSSR count). The first-order valence-electron chi connectivity index (χ1n) is 6.62. The van der Waals surface area contributed by atoms with Crippen LogP contribution in [0.1, 0.15) is 33.6 Å². The molecule has 0 radical (unpaired) electrons. The fourth-order valence-corrected chi connectivity index (χ4v) is 1.72. The zero-order valence-corrected chi connectivity index (χ0v) is 11.5. The van der Waals surface area contributed by atoms with Crippen LogP contribution in [-0.4, -0.2) is 51.2 Å². The van der Waals surface area contributed by atoms with E-state index in [4.69, 9.17) is 14.2 Å². The lowest BCUT2D eigenvalue weighted by molar-refractivity contribution is -0.0344. The number of hydrogen-bond acceptors (Lipinski definition) is 4. The Balaban J connectivity index is 1.78. The molecule has 1 N–H and O–H groups in total. The van der Waals surface area contributed by atoms with Crippen molar-refractivity contribution >= 4 is 0 Å². The second kappa shape index (κ2) is 8.03. The quantitative estimate of drug-likeness (QED) is 0.659. The fourth-order valence-electron chi connectivity index (χ4n) is 1.72. The topological polar surface area (TPSA) is 39.7 Å². The lowest BCUT2D eigenvalue weighted by Crippen LogP contribution is -2.29. The van der Waals surface area contributed by atoms with Crippen LogP contribution in [0.15, 0.2) is 0 Å². The summed E-state index contributed by atoms with van der Waals surface area (Å²) in [5.74, 6) is 0. The zero-order valence-electron chi connectivity index (χ0n) is 11.5. The molecule has 4 heteroatoms. The molecule has 1 aliphatic heterocycles. The van der Waals surface area contributed by atoms with Crippen LogP contribution in [-0.2, 0) is 14.2 Å². The highest BCUT2D eigenvalue weighted by Crippen LogP contribution is 2.10. The van der Waals surface area contributed by atoms with Gasteiger partial charge >= 0.3 is 0 Å². The molecule has 0 aromatic carbocycles. The van der Waals surface area contributed by atoms with E-state index in [0.717, 1.165) is 26.3 Å². The molecule has 102 valence electrons. The first-order valence-corrected chi connectivity index (χ1v) is 6.62. The molecule has 1 heterocycles. The normalized spacial score (nSPS) is 21.0. The minimum absolute atomic E-state index is 0.0680. The lowest BCUT2D eigenvalue weighted by Gasteiger charge is -2.19. The lowest BCUT2D eigenvalue weighted by atomic mass is 10.2. The maximum absolute atomic E-state index is 5.55. The minimum atomic E-state index is -0.0680. The summed E-state index contributed by atoms with van der Waals surface area (Å²) in [5, 5.41) is 3.34. The van der Waals surface area contributed by atoms with Crippen LogP contribution in [0.25, 0.3) is 0 Å². The van der Waals surface area contributed by atoms with Gasteiger partial charge in [-0.05, 0) is 33.6 Å². The molecule has 1 fully saturated rings. The third kappa shape index (κ3) is 8.55. The van der Waals surface area contributed by atoms with Gasteiger partial charge in [0.1, 0.15) is 0 Å². The van der Waals surface area contributed by atoms with Gasteiger partial charge in [0.2, 0.25) is 0 Å². The van der Waals surface area contributed by atoms with Crippen molar-refractivity contribution in [1.29, 1.82) is 0 Å². The Morgan fingerprint density at radius 3 is 2.71 bits per heavy atom. The maximum Gasteiger partial charge on any atom is 0.0707 e. The van der Waals surface area contributed by atoms with Crippen molar-refractivity contribution < 1.29 is 14.2 Å². The van der Waals surface area contributed by atoms with Crippen molar-refractivity contribution in [2.75, 3.05) is 39.5 Å². The Morgan fingerprint density at radius 2 is 2.06 bits per heavy atom. The summed E-state index contributed by atoms with van der Waals surface area (Å²) in [6, 6.07) is 0. The molecule has 1 atom stereocenters. The van der Waals surface area contributed by atoms with Gasteiger partial charge in [0.15, 0.2) is 0 Å². The second-order valence-corrected chi connectivity index (χ2v) is 5.41. The Labute approximate surface area is 105 Å². The van der Waals surface area contributed by atoms with Gasteiger partial charge in [0.25, 0.3) is 0 Å². The van der Waals surface area contributed by atoms with E-state index in [9.17, 15) is 0 Å². The molecule has 17 heavy (non-hydrogen) atoms. The fraction of sp³-hybridized carbons (Fsp3) is 1.00. The Morgan fingerprint density at radius 1 is 1.24 bits per heavy atom. The van der Waals surface area contributed by atoms with Crippen LogP contribution in [0.4, 0.5) is 0 Å². The van der Waals surface area contributed by atoms with Gasteiger partial charge in [-0.25, -0.2) is 0 Å². The van der Waals surface area contributed by atoms with E-state index >= 15 is 0 Å². The van der Waals surface area contributed by atoms with Gasteiger partial charge in [0, 0.05) is 19.7 Å². The third-order valence-electron chi connectivity index (χ3n) is 2.58. The first kappa shape index (κ1) is 14.9. The molecule has 0 bridgehead atoms. The number of ether oxygens (including phenoxy) is 3. The molecule has 1 aliphatic rings. The predicted molar refractivity (Wildman–Crippen MR) is 68.4 cm³/mol. The number of hydrogen-bond donors (Lipinski definition) is 1. The Bertz CT molecular complexity index is 186. The van der Waals surface area contributed by atoms with Crippen LogP contribution in [0.3, 0.4) is 0 Å². The summed E-state index contributed by atoms with van der Waals surface area (Å²) in [6.07, 6.45) is 2.81. The first-order chi connectivity index (χ1) is 8.08. The van der Waals surface area contributed by atoms with Crippen LogP contribution >= 0.6 is 0 Å². The molecule has 0 amide bonds. The Hall–Kier alpha value is -0.160. The highest BCUT2D eigenvalue weighted by Gasteiger charge is 2.14. The van der Waals surface area contributed by atoms with Gasteiger partial charge in [-0.2, -0.15) is 0 Å². The maximum atomic E-state index is 5.55. The SMILES string of the molecule is CC(C)(C)OCCOCCNCC1CCCO1. The van der Waals surface area contributed by atoms with Crippen molar-refractivity contribution in [3.05, 3.63) is 0 Å². The molecule has 0 aliphatic carbocycles. The molecule has 1 saturated heterocycles. The van der Waals surface area contributed by atoms with Crippen molar-refractivity contribution in [3.8, 4) is 0 Å².